The smallest absolute Gasteiger partial charge is 0.255 e. The molecule has 0 heterocycles. The van der Waals surface area contributed by atoms with Gasteiger partial charge in [-0.1, -0.05) is 95.2 Å². The normalized spacial score (nSPS) is 12.8. The maximum Gasteiger partial charge on any atom is 0.255 e. The first kappa shape index (κ1) is 31.2. The summed E-state index contributed by atoms with van der Waals surface area (Å²) in [7, 11) is 0. The average molecular weight is 525 g/mol. The van der Waals surface area contributed by atoms with Crippen LogP contribution in [0.1, 0.15) is 126 Å². The zero-order chi connectivity index (χ0) is 29.4. The summed E-state index contributed by atoms with van der Waals surface area (Å²) in [5.74, 6) is -0.849. The molecular formula is C32H48N2O4. The van der Waals surface area contributed by atoms with E-state index >= 15 is 0 Å². The molecule has 210 valence electrons. The number of hydrogen-bond donors (Lipinski definition) is 4. The van der Waals surface area contributed by atoms with E-state index in [1.165, 1.54) is 0 Å². The second kappa shape index (κ2) is 10.6. The van der Waals surface area contributed by atoms with Gasteiger partial charge in [0.2, 0.25) is 0 Å². The second-order valence-corrected chi connectivity index (χ2v) is 14.4. The summed E-state index contributed by atoms with van der Waals surface area (Å²) >= 11 is 0. The number of hydrogen-bond acceptors (Lipinski definition) is 4. The van der Waals surface area contributed by atoms with Gasteiger partial charge in [-0.2, -0.15) is 0 Å². The molecule has 0 spiro atoms. The summed E-state index contributed by atoms with van der Waals surface area (Å²) < 4.78 is 0. The van der Waals surface area contributed by atoms with Crippen LogP contribution in [0.25, 0.3) is 0 Å². The van der Waals surface area contributed by atoms with Gasteiger partial charge in [0.25, 0.3) is 11.8 Å². The van der Waals surface area contributed by atoms with E-state index in [1.807, 2.05) is 53.7 Å². The standard InChI is InChI=1S/C32H48N2O4/c1-29(2,3)19-15-21(25(35)23(17-19)31(7,8)9)27(37)33-13-14-34-28(38)22-16-20(30(4,5)6)18-24(26(22)36)32(10,11)12/h15-18,35-36H,13-14H2,1-12H3,(H,33,37)(H,34,38). The van der Waals surface area contributed by atoms with Crippen LogP contribution in [0.15, 0.2) is 24.3 Å². The highest BCUT2D eigenvalue weighted by Crippen LogP contribution is 2.39. The van der Waals surface area contributed by atoms with Gasteiger partial charge < -0.3 is 20.8 Å². The number of carbonyl (C=O) groups excluding carboxylic acids is 2. The van der Waals surface area contributed by atoms with E-state index in [9.17, 15) is 19.8 Å². The van der Waals surface area contributed by atoms with Crippen molar-refractivity contribution in [2.75, 3.05) is 13.1 Å². The summed E-state index contributed by atoms with van der Waals surface area (Å²) in [6.07, 6.45) is 0. The lowest BCUT2D eigenvalue weighted by Gasteiger charge is -2.27. The number of phenolic OH excluding ortho intramolecular Hbond substituents is 2. The van der Waals surface area contributed by atoms with Crippen molar-refractivity contribution >= 4 is 11.8 Å². The molecule has 0 saturated heterocycles. The molecule has 0 radical (unpaired) electrons. The maximum atomic E-state index is 13.1. The fourth-order valence-corrected chi connectivity index (χ4v) is 4.17. The van der Waals surface area contributed by atoms with Crippen LogP contribution >= 0.6 is 0 Å². The molecule has 0 aliphatic carbocycles. The quantitative estimate of drug-likeness (QED) is 0.338. The Kier molecular flexibility index (Phi) is 8.72. The molecule has 0 unspecified atom stereocenters. The Balaban J connectivity index is 2.23. The molecule has 0 fully saturated rings. The Hall–Kier alpha value is -3.02. The summed E-state index contributed by atoms with van der Waals surface area (Å²) in [6, 6.07) is 7.41. The Morgan fingerprint density at radius 1 is 0.553 bits per heavy atom. The molecule has 38 heavy (non-hydrogen) atoms. The first-order chi connectivity index (χ1) is 17.0. The van der Waals surface area contributed by atoms with Crippen molar-refractivity contribution in [3.05, 3.63) is 57.6 Å². The van der Waals surface area contributed by atoms with E-state index < -0.39 is 11.8 Å². The van der Waals surface area contributed by atoms with Gasteiger partial charge in [0, 0.05) is 24.2 Å². The number of aromatic hydroxyl groups is 2. The number of rotatable bonds is 5. The fourth-order valence-electron chi connectivity index (χ4n) is 4.17. The number of carbonyl (C=O) groups is 2. The molecule has 6 heteroatoms. The van der Waals surface area contributed by atoms with Gasteiger partial charge in [0.1, 0.15) is 11.5 Å². The SMILES string of the molecule is CC(C)(C)c1cc(C(=O)NCCNC(=O)c2cc(C(C)(C)C)cc(C(C)(C)C)c2O)c(O)c(C(C)(C)C)c1. The van der Waals surface area contributed by atoms with Gasteiger partial charge in [0.15, 0.2) is 0 Å². The minimum absolute atomic E-state index is 0.0225. The van der Waals surface area contributed by atoms with Crippen molar-refractivity contribution in [3.63, 3.8) is 0 Å². The summed E-state index contributed by atoms with van der Waals surface area (Å²) in [4.78, 5) is 26.2. The molecule has 0 atom stereocenters. The largest absolute Gasteiger partial charge is 0.507 e. The zero-order valence-corrected chi connectivity index (χ0v) is 25.4. The van der Waals surface area contributed by atoms with Crippen molar-refractivity contribution < 1.29 is 19.8 Å². The van der Waals surface area contributed by atoms with Crippen molar-refractivity contribution in [1.82, 2.24) is 10.6 Å². The highest BCUT2D eigenvalue weighted by atomic mass is 16.3. The van der Waals surface area contributed by atoms with E-state index in [2.05, 4.69) is 52.2 Å². The van der Waals surface area contributed by atoms with Crippen LogP contribution in [0.2, 0.25) is 0 Å². The lowest BCUT2D eigenvalue weighted by molar-refractivity contribution is 0.0924. The Bertz CT molecular complexity index is 1100. The van der Waals surface area contributed by atoms with Gasteiger partial charge in [-0.25, -0.2) is 0 Å². The van der Waals surface area contributed by atoms with Gasteiger partial charge >= 0.3 is 0 Å². The molecule has 2 aromatic carbocycles. The molecule has 2 rings (SSSR count). The third-order valence-corrected chi connectivity index (χ3v) is 6.75. The molecule has 2 amide bonds. The zero-order valence-electron chi connectivity index (χ0n) is 25.4. The predicted molar refractivity (Wildman–Crippen MR) is 156 cm³/mol. The third kappa shape index (κ3) is 7.30. The third-order valence-electron chi connectivity index (χ3n) is 6.75. The van der Waals surface area contributed by atoms with E-state index in [0.717, 1.165) is 11.1 Å². The van der Waals surface area contributed by atoms with E-state index in [1.54, 1.807) is 12.1 Å². The van der Waals surface area contributed by atoms with E-state index in [0.29, 0.717) is 11.1 Å². The minimum atomic E-state index is -0.402. The fraction of sp³-hybridized carbons (Fsp3) is 0.562. The first-order valence-corrected chi connectivity index (χ1v) is 13.4. The van der Waals surface area contributed by atoms with Crippen molar-refractivity contribution in [3.8, 4) is 11.5 Å². The van der Waals surface area contributed by atoms with Crippen LogP contribution in [0.3, 0.4) is 0 Å². The van der Waals surface area contributed by atoms with Crippen LogP contribution in [0, 0.1) is 0 Å². The van der Waals surface area contributed by atoms with Crippen LogP contribution in [0.4, 0.5) is 0 Å². The van der Waals surface area contributed by atoms with Gasteiger partial charge in [-0.15, -0.1) is 0 Å². The molecule has 6 nitrogen and oxygen atoms in total. The predicted octanol–water partition coefficient (Wildman–Crippen LogP) is 6.45. The average Bonchev–Trinajstić information content (AvgIpc) is 2.73. The van der Waals surface area contributed by atoms with Crippen LogP contribution in [-0.2, 0) is 21.7 Å². The molecule has 4 N–H and O–H groups in total. The van der Waals surface area contributed by atoms with Crippen molar-refractivity contribution in [1.29, 1.82) is 0 Å². The highest BCUT2D eigenvalue weighted by Gasteiger charge is 2.28. The minimum Gasteiger partial charge on any atom is -0.507 e. The number of phenols is 2. The van der Waals surface area contributed by atoms with Gasteiger partial charge in [-0.05, 0) is 44.9 Å². The molecule has 0 saturated carbocycles. The topological polar surface area (TPSA) is 98.7 Å². The maximum absolute atomic E-state index is 13.1. The Morgan fingerprint density at radius 3 is 1.08 bits per heavy atom. The van der Waals surface area contributed by atoms with Gasteiger partial charge in [-0.3, -0.25) is 9.59 Å². The van der Waals surface area contributed by atoms with Gasteiger partial charge in [0.05, 0.1) is 11.1 Å². The number of nitrogens with one attached hydrogen (secondary N) is 2. The Morgan fingerprint density at radius 2 is 0.842 bits per heavy atom. The lowest BCUT2D eigenvalue weighted by atomic mass is 9.79. The molecule has 0 aromatic heterocycles. The van der Waals surface area contributed by atoms with Crippen LogP contribution < -0.4 is 10.6 Å². The molecule has 2 aromatic rings. The highest BCUT2D eigenvalue weighted by molar-refractivity contribution is 5.98. The lowest BCUT2D eigenvalue weighted by Crippen LogP contribution is -2.35. The van der Waals surface area contributed by atoms with Crippen LogP contribution in [0.5, 0.6) is 11.5 Å². The molecule has 0 aliphatic heterocycles. The number of benzene rings is 2. The monoisotopic (exact) mass is 524 g/mol. The van der Waals surface area contributed by atoms with Crippen molar-refractivity contribution in [2.45, 2.75) is 105 Å². The van der Waals surface area contributed by atoms with E-state index in [-0.39, 0.29) is 57.4 Å². The summed E-state index contributed by atoms with van der Waals surface area (Å²) in [5, 5.41) is 27.5. The molecule has 0 aliphatic rings. The molecular weight excluding hydrogens is 476 g/mol. The first-order valence-electron chi connectivity index (χ1n) is 13.4. The van der Waals surface area contributed by atoms with Crippen molar-refractivity contribution in [2.24, 2.45) is 0 Å². The number of amides is 2. The second-order valence-electron chi connectivity index (χ2n) is 14.4. The summed E-state index contributed by atoms with van der Waals surface area (Å²) in [6.45, 7) is 24.7. The summed E-state index contributed by atoms with van der Waals surface area (Å²) in [5.41, 5.74) is 2.70. The van der Waals surface area contributed by atoms with Crippen LogP contribution in [-0.4, -0.2) is 35.1 Å². The molecule has 0 bridgehead atoms. The van der Waals surface area contributed by atoms with E-state index in [4.69, 9.17) is 0 Å². The Labute approximate surface area is 229 Å².